The van der Waals surface area contributed by atoms with E-state index in [0.717, 1.165) is 0 Å². The number of carbonyl (C=O) groups excluding carboxylic acids is 2. The Hall–Kier alpha value is -4.04. The smallest absolute Gasteiger partial charge is 0.264 e. The van der Waals surface area contributed by atoms with E-state index in [4.69, 9.17) is 9.47 Å². The van der Waals surface area contributed by atoms with Crippen LogP contribution in [0.5, 0.6) is 11.5 Å². The summed E-state index contributed by atoms with van der Waals surface area (Å²) in [5, 5.41) is 6.00. The maximum absolute atomic E-state index is 12.5. The first-order valence-electron chi connectivity index (χ1n) is 10.1. The van der Waals surface area contributed by atoms with Gasteiger partial charge in [-0.2, -0.15) is 0 Å². The predicted octanol–water partition coefficient (Wildman–Crippen LogP) is 4.60. The Morgan fingerprint density at radius 2 is 1.70 bits per heavy atom. The Kier molecular flexibility index (Phi) is 7.06. The summed E-state index contributed by atoms with van der Waals surface area (Å²) in [6.07, 6.45) is 1.72. The summed E-state index contributed by atoms with van der Waals surface area (Å²) in [6.45, 7) is -0.158. The molecule has 4 rings (SSSR count). The molecule has 0 atom stereocenters. The van der Waals surface area contributed by atoms with Crippen LogP contribution >= 0.6 is 11.8 Å². The number of carbonyl (C=O) groups is 2. The van der Waals surface area contributed by atoms with Gasteiger partial charge in [0.2, 0.25) is 0 Å². The van der Waals surface area contributed by atoms with Crippen molar-refractivity contribution >= 4 is 46.2 Å². The SMILES string of the molecule is COc1ccccc1N=C1NC(=O)/C(=C/c2ccccc2OCC(=O)Nc2ccccc2)S1. The highest BCUT2D eigenvalue weighted by molar-refractivity contribution is 8.18. The summed E-state index contributed by atoms with van der Waals surface area (Å²) in [6, 6.07) is 23.7. The molecule has 33 heavy (non-hydrogen) atoms. The maximum atomic E-state index is 12.5. The average molecular weight is 460 g/mol. The van der Waals surface area contributed by atoms with Gasteiger partial charge in [0.15, 0.2) is 11.8 Å². The van der Waals surface area contributed by atoms with E-state index >= 15 is 0 Å². The number of para-hydroxylation sites is 4. The van der Waals surface area contributed by atoms with E-state index in [-0.39, 0.29) is 18.4 Å². The van der Waals surface area contributed by atoms with Gasteiger partial charge < -0.3 is 20.1 Å². The first kappa shape index (κ1) is 22.2. The van der Waals surface area contributed by atoms with Crippen molar-refractivity contribution < 1.29 is 19.1 Å². The van der Waals surface area contributed by atoms with Crippen LogP contribution in [-0.4, -0.2) is 30.7 Å². The molecule has 1 heterocycles. The summed E-state index contributed by atoms with van der Waals surface area (Å²) in [5.41, 5.74) is 2.00. The van der Waals surface area contributed by atoms with Gasteiger partial charge in [0, 0.05) is 11.3 Å². The molecule has 2 amide bonds. The standard InChI is InChI=1S/C25H21N3O4S/c1-31-21-14-8-6-12-19(21)27-25-28-24(30)22(33-25)15-17-9-5-7-13-20(17)32-16-23(29)26-18-10-3-2-4-11-18/h2-15H,16H2,1H3,(H,26,29)(H,27,28,30)/b22-15-. The number of nitrogens with one attached hydrogen (secondary N) is 2. The van der Waals surface area contributed by atoms with Crippen LogP contribution in [0.1, 0.15) is 5.56 Å². The summed E-state index contributed by atoms with van der Waals surface area (Å²) < 4.78 is 11.0. The Balaban J connectivity index is 1.46. The van der Waals surface area contributed by atoms with Crippen LogP contribution in [0.15, 0.2) is 88.8 Å². The molecule has 1 aliphatic heterocycles. The first-order valence-corrected chi connectivity index (χ1v) is 10.9. The molecule has 3 aromatic carbocycles. The average Bonchev–Trinajstić information content (AvgIpc) is 3.18. The number of amidine groups is 1. The van der Waals surface area contributed by atoms with Crippen molar-refractivity contribution in [3.8, 4) is 11.5 Å². The number of hydrogen-bond acceptors (Lipinski definition) is 6. The van der Waals surface area contributed by atoms with Gasteiger partial charge >= 0.3 is 0 Å². The second-order valence-electron chi connectivity index (χ2n) is 6.89. The Bertz CT molecular complexity index is 1230. The second kappa shape index (κ2) is 10.5. The lowest BCUT2D eigenvalue weighted by Crippen LogP contribution is -2.20. The lowest BCUT2D eigenvalue weighted by atomic mass is 10.2. The molecule has 0 aromatic heterocycles. The highest BCUT2D eigenvalue weighted by Crippen LogP contribution is 2.33. The normalized spacial score (nSPS) is 15.4. The number of aliphatic imine (C=N–C) groups is 1. The number of methoxy groups -OCH3 is 1. The fourth-order valence-electron chi connectivity index (χ4n) is 3.05. The number of ether oxygens (including phenoxy) is 2. The van der Waals surface area contributed by atoms with Crippen LogP contribution in [0.25, 0.3) is 6.08 Å². The quantitative estimate of drug-likeness (QED) is 0.504. The van der Waals surface area contributed by atoms with Crippen molar-refractivity contribution in [2.45, 2.75) is 0 Å². The fraction of sp³-hybridized carbons (Fsp3) is 0.0800. The Morgan fingerprint density at radius 3 is 2.48 bits per heavy atom. The topological polar surface area (TPSA) is 89.0 Å². The van der Waals surface area contributed by atoms with Gasteiger partial charge in [-0.15, -0.1) is 0 Å². The maximum Gasteiger partial charge on any atom is 0.264 e. The van der Waals surface area contributed by atoms with E-state index in [9.17, 15) is 9.59 Å². The van der Waals surface area contributed by atoms with Crippen LogP contribution < -0.4 is 20.1 Å². The van der Waals surface area contributed by atoms with Gasteiger partial charge in [-0.3, -0.25) is 9.59 Å². The van der Waals surface area contributed by atoms with Crippen molar-refractivity contribution in [1.29, 1.82) is 0 Å². The zero-order valence-electron chi connectivity index (χ0n) is 17.8. The largest absolute Gasteiger partial charge is 0.494 e. The van der Waals surface area contributed by atoms with E-state index in [1.54, 1.807) is 37.5 Å². The summed E-state index contributed by atoms with van der Waals surface area (Å²) in [7, 11) is 1.57. The molecule has 7 nitrogen and oxygen atoms in total. The molecule has 0 bridgehead atoms. The zero-order chi connectivity index (χ0) is 23.0. The third-order valence-electron chi connectivity index (χ3n) is 4.58. The van der Waals surface area contributed by atoms with Gasteiger partial charge in [0.25, 0.3) is 11.8 Å². The summed E-state index contributed by atoms with van der Waals surface area (Å²) in [4.78, 5) is 29.7. The molecule has 0 spiro atoms. The molecule has 0 radical (unpaired) electrons. The van der Waals surface area contributed by atoms with Gasteiger partial charge in [-0.1, -0.05) is 48.5 Å². The van der Waals surface area contributed by atoms with Crippen LogP contribution in [0.2, 0.25) is 0 Å². The molecule has 1 saturated heterocycles. The Morgan fingerprint density at radius 1 is 1.00 bits per heavy atom. The van der Waals surface area contributed by atoms with Crippen molar-refractivity contribution in [2.24, 2.45) is 4.99 Å². The Labute approximate surface area is 195 Å². The molecular weight excluding hydrogens is 438 g/mol. The van der Waals surface area contributed by atoms with Gasteiger partial charge in [0.05, 0.1) is 12.0 Å². The van der Waals surface area contributed by atoms with Crippen molar-refractivity contribution in [3.63, 3.8) is 0 Å². The van der Waals surface area contributed by atoms with Crippen LogP contribution in [0, 0.1) is 0 Å². The molecule has 1 fully saturated rings. The summed E-state index contributed by atoms with van der Waals surface area (Å²) >= 11 is 1.22. The highest BCUT2D eigenvalue weighted by Gasteiger charge is 2.24. The van der Waals surface area contributed by atoms with Crippen LogP contribution in [0.4, 0.5) is 11.4 Å². The van der Waals surface area contributed by atoms with E-state index in [2.05, 4.69) is 15.6 Å². The molecule has 2 N–H and O–H groups in total. The number of anilines is 1. The highest BCUT2D eigenvalue weighted by atomic mass is 32.2. The number of nitrogens with zero attached hydrogens (tertiary/aromatic N) is 1. The molecule has 0 unspecified atom stereocenters. The zero-order valence-corrected chi connectivity index (χ0v) is 18.6. The number of benzene rings is 3. The van der Waals surface area contributed by atoms with Crippen molar-refractivity contribution in [3.05, 3.63) is 89.3 Å². The molecular formula is C25H21N3O4S. The van der Waals surface area contributed by atoms with Gasteiger partial charge in [-0.05, 0) is 48.2 Å². The van der Waals surface area contributed by atoms with Gasteiger partial charge in [-0.25, -0.2) is 4.99 Å². The third-order valence-corrected chi connectivity index (χ3v) is 5.49. The minimum Gasteiger partial charge on any atom is -0.494 e. The number of amides is 2. The molecule has 0 saturated carbocycles. The van der Waals surface area contributed by atoms with Gasteiger partial charge in [0.1, 0.15) is 17.2 Å². The molecule has 3 aromatic rings. The van der Waals surface area contributed by atoms with Crippen molar-refractivity contribution in [1.82, 2.24) is 5.32 Å². The second-order valence-corrected chi connectivity index (χ2v) is 7.92. The predicted molar refractivity (Wildman–Crippen MR) is 131 cm³/mol. The minimum absolute atomic E-state index is 0.158. The van der Waals surface area contributed by atoms with E-state index in [1.807, 2.05) is 54.6 Å². The molecule has 166 valence electrons. The monoisotopic (exact) mass is 459 g/mol. The fourth-order valence-corrected chi connectivity index (χ4v) is 3.87. The lowest BCUT2D eigenvalue weighted by Gasteiger charge is -2.10. The third kappa shape index (κ3) is 5.81. The molecule has 8 heteroatoms. The van der Waals surface area contributed by atoms with E-state index in [0.29, 0.717) is 38.5 Å². The number of hydrogen-bond donors (Lipinski definition) is 2. The van der Waals surface area contributed by atoms with E-state index < -0.39 is 0 Å². The van der Waals surface area contributed by atoms with Crippen LogP contribution in [0.3, 0.4) is 0 Å². The minimum atomic E-state index is -0.275. The van der Waals surface area contributed by atoms with E-state index in [1.165, 1.54) is 11.8 Å². The number of thioether (sulfide) groups is 1. The van der Waals surface area contributed by atoms with Crippen LogP contribution in [-0.2, 0) is 9.59 Å². The molecule has 0 aliphatic carbocycles. The van der Waals surface area contributed by atoms with Crippen molar-refractivity contribution in [2.75, 3.05) is 19.0 Å². The lowest BCUT2D eigenvalue weighted by molar-refractivity contribution is -0.118. The summed E-state index contributed by atoms with van der Waals surface area (Å²) in [5.74, 6) is 0.578. The number of rotatable bonds is 7. The first-order chi connectivity index (χ1) is 16.1. The molecule has 1 aliphatic rings.